The second-order valence-corrected chi connectivity index (χ2v) is 8.50. The van der Waals surface area contributed by atoms with Crippen molar-refractivity contribution in [2.75, 3.05) is 0 Å². The lowest BCUT2D eigenvalue weighted by atomic mass is 10.1. The van der Waals surface area contributed by atoms with E-state index in [0.717, 1.165) is 39.3 Å². The monoisotopic (exact) mass is 452 g/mol. The van der Waals surface area contributed by atoms with Crippen LogP contribution in [0.1, 0.15) is 11.1 Å². The van der Waals surface area contributed by atoms with E-state index in [1.807, 2.05) is 66.7 Å². The molecule has 0 atom stereocenters. The standard InChI is InChI=1S/C27H20N2O3S/c30-26(31)25(33-27-28-23-13-3-4-14-24(23)29-27)16-18-7-5-11-21(15-18)32-17-20-10-6-9-19-8-1-2-12-22(19)20/h1-16H,17H2,(H,28,29)(H,30,31)/b25-16-. The van der Waals surface area contributed by atoms with E-state index in [-0.39, 0.29) is 4.91 Å². The van der Waals surface area contributed by atoms with Crippen LogP contribution in [0.25, 0.3) is 27.9 Å². The molecule has 1 aromatic heterocycles. The molecule has 162 valence electrons. The Labute approximate surface area is 194 Å². The summed E-state index contributed by atoms with van der Waals surface area (Å²) in [6, 6.07) is 29.4. The molecular weight excluding hydrogens is 432 g/mol. The van der Waals surface area contributed by atoms with E-state index in [4.69, 9.17) is 4.74 Å². The van der Waals surface area contributed by atoms with Crippen LogP contribution in [0.15, 0.2) is 101 Å². The molecule has 4 aromatic carbocycles. The van der Waals surface area contributed by atoms with Gasteiger partial charge in [0.25, 0.3) is 0 Å². The Morgan fingerprint density at radius 1 is 0.970 bits per heavy atom. The first-order chi connectivity index (χ1) is 16.2. The number of ether oxygens (including phenoxy) is 1. The van der Waals surface area contributed by atoms with Gasteiger partial charge in [-0.25, -0.2) is 9.78 Å². The highest BCUT2D eigenvalue weighted by atomic mass is 32.2. The summed E-state index contributed by atoms with van der Waals surface area (Å²) in [5.41, 5.74) is 3.51. The Balaban J connectivity index is 1.35. The lowest BCUT2D eigenvalue weighted by molar-refractivity contribution is -0.131. The average molecular weight is 453 g/mol. The number of aromatic amines is 1. The number of aromatic nitrogens is 2. The maximum atomic E-state index is 11.9. The number of imidazole rings is 1. The molecule has 6 heteroatoms. The number of hydrogen-bond acceptors (Lipinski definition) is 4. The zero-order valence-electron chi connectivity index (χ0n) is 17.6. The molecule has 0 radical (unpaired) electrons. The van der Waals surface area contributed by atoms with Crippen LogP contribution >= 0.6 is 11.8 Å². The molecule has 0 aliphatic carbocycles. The van der Waals surface area contributed by atoms with Crippen molar-refractivity contribution in [2.45, 2.75) is 11.8 Å². The number of aliphatic carboxylic acids is 1. The number of thioether (sulfide) groups is 1. The van der Waals surface area contributed by atoms with Gasteiger partial charge in [0.2, 0.25) is 0 Å². The number of carboxylic acids is 1. The zero-order chi connectivity index (χ0) is 22.6. The van der Waals surface area contributed by atoms with Crippen LogP contribution in [0.4, 0.5) is 0 Å². The van der Waals surface area contributed by atoms with E-state index in [1.165, 1.54) is 5.39 Å². The van der Waals surface area contributed by atoms with E-state index >= 15 is 0 Å². The van der Waals surface area contributed by atoms with Gasteiger partial charge in [-0.1, -0.05) is 66.7 Å². The maximum absolute atomic E-state index is 11.9. The van der Waals surface area contributed by atoms with Gasteiger partial charge in [-0.15, -0.1) is 0 Å². The minimum Gasteiger partial charge on any atom is -0.489 e. The second-order valence-electron chi connectivity index (χ2n) is 7.47. The summed E-state index contributed by atoms with van der Waals surface area (Å²) in [6.07, 6.45) is 1.63. The van der Waals surface area contributed by atoms with Gasteiger partial charge in [0.15, 0.2) is 5.16 Å². The molecule has 0 spiro atoms. The number of carboxylic acid groups (broad SMARTS) is 1. The highest BCUT2D eigenvalue weighted by Gasteiger charge is 2.13. The summed E-state index contributed by atoms with van der Waals surface area (Å²) in [7, 11) is 0. The predicted molar refractivity (Wildman–Crippen MR) is 132 cm³/mol. The van der Waals surface area contributed by atoms with Crippen molar-refractivity contribution in [3.05, 3.63) is 107 Å². The molecule has 33 heavy (non-hydrogen) atoms. The highest BCUT2D eigenvalue weighted by Crippen LogP contribution is 2.29. The first-order valence-corrected chi connectivity index (χ1v) is 11.2. The number of nitrogens with zero attached hydrogens (tertiary/aromatic N) is 1. The van der Waals surface area contributed by atoms with Crippen LogP contribution in [-0.4, -0.2) is 21.0 Å². The van der Waals surface area contributed by atoms with Crippen molar-refractivity contribution >= 4 is 45.6 Å². The topological polar surface area (TPSA) is 75.2 Å². The number of fused-ring (bicyclic) bond motifs is 2. The maximum Gasteiger partial charge on any atom is 0.342 e. The first-order valence-electron chi connectivity index (χ1n) is 10.4. The van der Waals surface area contributed by atoms with E-state index in [2.05, 4.69) is 34.2 Å². The Kier molecular flexibility index (Phi) is 5.83. The fourth-order valence-electron chi connectivity index (χ4n) is 3.64. The molecule has 0 saturated carbocycles. The van der Waals surface area contributed by atoms with Gasteiger partial charge in [-0.05, 0) is 64.0 Å². The largest absolute Gasteiger partial charge is 0.489 e. The predicted octanol–water partition coefficient (Wildman–Crippen LogP) is 6.51. The van der Waals surface area contributed by atoms with Crippen molar-refractivity contribution in [1.29, 1.82) is 0 Å². The summed E-state index contributed by atoms with van der Waals surface area (Å²) in [4.78, 5) is 19.7. The van der Waals surface area contributed by atoms with Crippen molar-refractivity contribution < 1.29 is 14.6 Å². The molecule has 0 unspecified atom stereocenters. The highest BCUT2D eigenvalue weighted by molar-refractivity contribution is 8.04. The normalized spacial score (nSPS) is 11.7. The molecule has 0 bridgehead atoms. The fourth-order valence-corrected chi connectivity index (χ4v) is 4.44. The molecule has 0 aliphatic rings. The SMILES string of the molecule is O=C(O)/C(=C/c1cccc(OCc2cccc3ccccc23)c1)Sc1nc2ccccc2[nH]1. The lowest BCUT2D eigenvalue weighted by Gasteiger charge is -2.10. The van der Waals surface area contributed by atoms with Crippen molar-refractivity contribution in [1.82, 2.24) is 9.97 Å². The number of para-hydroxylation sites is 2. The fraction of sp³-hybridized carbons (Fsp3) is 0.0370. The Morgan fingerprint density at radius 3 is 2.64 bits per heavy atom. The second kappa shape index (κ2) is 9.22. The van der Waals surface area contributed by atoms with Gasteiger partial charge in [0.1, 0.15) is 17.3 Å². The number of carbonyl (C=O) groups is 1. The summed E-state index contributed by atoms with van der Waals surface area (Å²) in [5, 5.41) is 12.6. The number of rotatable bonds is 7. The zero-order valence-corrected chi connectivity index (χ0v) is 18.4. The van der Waals surface area contributed by atoms with Crippen molar-refractivity contribution in [3.8, 4) is 5.75 Å². The minimum absolute atomic E-state index is 0.167. The molecule has 1 heterocycles. The molecule has 0 amide bonds. The third-order valence-electron chi connectivity index (χ3n) is 5.22. The van der Waals surface area contributed by atoms with Gasteiger partial charge < -0.3 is 14.8 Å². The molecule has 5 rings (SSSR count). The molecule has 0 fully saturated rings. The van der Waals surface area contributed by atoms with E-state index in [9.17, 15) is 9.90 Å². The lowest BCUT2D eigenvalue weighted by Crippen LogP contribution is -1.98. The van der Waals surface area contributed by atoms with Gasteiger partial charge in [-0.3, -0.25) is 0 Å². The molecule has 5 aromatic rings. The van der Waals surface area contributed by atoms with Gasteiger partial charge in [0, 0.05) is 0 Å². The molecule has 0 aliphatic heterocycles. The number of hydrogen-bond donors (Lipinski definition) is 2. The minimum atomic E-state index is -1.01. The van der Waals surface area contributed by atoms with Crippen molar-refractivity contribution in [3.63, 3.8) is 0 Å². The summed E-state index contributed by atoms with van der Waals surface area (Å²) < 4.78 is 6.04. The number of H-pyrrole nitrogens is 1. The van der Waals surface area contributed by atoms with E-state index in [0.29, 0.717) is 17.5 Å². The Morgan fingerprint density at radius 2 is 1.76 bits per heavy atom. The van der Waals surface area contributed by atoms with Crippen LogP contribution in [-0.2, 0) is 11.4 Å². The van der Waals surface area contributed by atoms with Crippen LogP contribution in [0.2, 0.25) is 0 Å². The third kappa shape index (κ3) is 4.76. The molecule has 2 N–H and O–H groups in total. The smallest absolute Gasteiger partial charge is 0.342 e. The number of benzene rings is 4. The average Bonchev–Trinajstić information content (AvgIpc) is 3.25. The first kappa shape index (κ1) is 20.8. The van der Waals surface area contributed by atoms with Gasteiger partial charge in [-0.2, -0.15) is 0 Å². The Bertz CT molecular complexity index is 1450. The van der Waals surface area contributed by atoms with E-state index in [1.54, 1.807) is 6.08 Å². The van der Waals surface area contributed by atoms with Crippen molar-refractivity contribution in [2.24, 2.45) is 0 Å². The Hall–Kier alpha value is -4.03. The third-order valence-corrected chi connectivity index (χ3v) is 6.11. The van der Waals surface area contributed by atoms with E-state index < -0.39 is 5.97 Å². The van der Waals surface area contributed by atoms with Crippen LogP contribution in [0.5, 0.6) is 5.75 Å². The molecule has 0 saturated heterocycles. The summed E-state index contributed by atoms with van der Waals surface area (Å²) >= 11 is 1.09. The molecule has 5 nitrogen and oxygen atoms in total. The van der Waals surface area contributed by atoms with Crippen LogP contribution in [0, 0.1) is 0 Å². The summed E-state index contributed by atoms with van der Waals surface area (Å²) in [6.45, 7) is 0.425. The quantitative estimate of drug-likeness (QED) is 0.217. The van der Waals surface area contributed by atoms with Gasteiger partial charge in [0.05, 0.1) is 11.0 Å². The number of nitrogens with one attached hydrogen (secondary N) is 1. The summed E-state index contributed by atoms with van der Waals surface area (Å²) in [5.74, 6) is -0.335. The van der Waals surface area contributed by atoms with Crippen LogP contribution in [0.3, 0.4) is 0 Å². The van der Waals surface area contributed by atoms with Gasteiger partial charge >= 0.3 is 5.97 Å². The van der Waals surface area contributed by atoms with Crippen LogP contribution < -0.4 is 4.74 Å². The molecular formula is C27H20N2O3S.